The zero-order valence-corrected chi connectivity index (χ0v) is 13.9. The molecule has 2 heterocycles. The van der Waals surface area contributed by atoms with Gasteiger partial charge < -0.3 is 20.4 Å². The Morgan fingerprint density at radius 1 is 1.12 bits per heavy atom. The Kier molecular flexibility index (Phi) is 6.40. The van der Waals surface area contributed by atoms with E-state index < -0.39 is 0 Å². The first-order chi connectivity index (χ1) is 11.2. The molecule has 1 unspecified atom stereocenters. The normalized spacial score (nSPS) is 16.8. The standard InChI is InChI=1S/C17H19N3O3.ClH/c21-16(12-7-9-23-11-12)19-13-4-3-5-14(10-13)20-17(22)15-6-1-2-8-18-15;/h3-5,7,9-11,15,18H,1-2,6,8H2,(H,19,21)(H,20,22);1H. The van der Waals surface area contributed by atoms with Crippen LogP contribution in [0, 0.1) is 0 Å². The van der Waals surface area contributed by atoms with Gasteiger partial charge in [0, 0.05) is 11.4 Å². The summed E-state index contributed by atoms with van der Waals surface area (Å²) in [5.41, 5.74) is 1.73. The van der Waals surface area contributed by atoms with Crippen LogP contribution in [0.15, 0.2) is 47.3 Å². The van der Waals surface area contributed by atoms with Crippen LogP contribution in [0.4, 0.5) is 11.4 Å². The number of hydrogen-bond donors (Lipinski definition) is 3. The third kappa shape index (κ3) is 4.59. The Labute approximate surface area is 146 Å². The quantitative estimate of drug-likeness (QED) is 0.792. The van der Waals surface area contributed by atoms with E-state index in [0.29, 0.717) is 16.9 Å². The number of hydrogen-bond acceptors (Lipinski definition) is 4. The number of halogens is 1. The van der Waals surface area contributed by atoms with Gasteiger partial charge in [0.15, 0.2) is 0 Å². The molecule has 0 radical (unpaired) electrons. The van der Waals surface area contributed by atoms with Gasteiger partial charge in [-0.3, -0.25) is 9.59 Å². The number of piperidine rings is 1. The molecule has 1 aliphatic rings. The van der Waals surface area contributed by atoms with Crippen molar-refractivity contribution in [1.82, 2.24) is 5.32 Å². The third-order valence-corrected chi connectivity index (χ3v) is 3.80. The SMILES string of the molecule is Cl.O=C(Nc1cccc(NC(=O)C2CCCCN2)c1)c1ccoc1. The van der Waals surface area contributed by atoms with E-state index in [2.05, 4.69) is 16.0 Å². The molecule has 3 rings (SSSR count). The first-order valence-electron chi connectivity index (χ1n) is 7.70. The summed E-state index contributed by atoms with van der Waals surface area (Å²) in [5.74, 6) is -0.292. The minimum absolute atomic E-state index is 0. The number of amides is 2. The number of furan rings is 1. The monoisotopic (exact) mass is 349 g/mol. The number of anilines is 2. The predicted octanol–water partition coefficient (Wildman–Crippen LogP) is 3.03. The van der Waals surface area contributed by atoms with Crippen LogP contribution >= 0.6 is 12.4 Å². The van der Waals surface area contributed by atoms with Crippen LogP contribution in [-0.4, -0.2) is 24.4 Å². The van der Waals surface area contributed by atoms with E-state index in [9.17, 15) is 9.59 Å². The van der Waals surface area contributed by atoms with Gasteiger partial charge in [0.1, 0.15) is 6.26 Å². The Morgan fingerprint density at radius 3 is 2.58 bits per heavy atom. The fourth-order valence-corrected chi connectivity index (χ4v) is 2.58. The summed E-state index contributed by atoms with van der Waals surface area (Å²) in [4.78, 5) is 24.2. The van der Waals surface area contributed by atoms with E-state index in [1.807, 2.05) is 0 Å². The van der Waals surface area contributed by atoms with E-state index in [1.54, 1.807) is 30.3 Å². The third-order valence-electron chi connectivity index (χ3n) is 3.80. The van der Waals surface area contributed by atoms with Gasteiger partial charge in [-0.2, -0.15) is 0 Å². The van der Waals surface area contributed by atoms with Gasteiger partial charge in [-0.05, 0) is 43.7 Å². The number of carbonyl (C=O) groups excluding carboxylic acids is 2. The molecule has 1 atom stereocenters. The van der Waals surface area contributed by atoms with Crippen molar-refractivity contribution in [3.63, 3.8) is 0 Å². The molecule has 1 saturated heterocycles. The average Bonchev–Trinajstić information content (AvgIpc) is 3.10. The summed E-state index contributed by atoms with van der Waals surface area (Å²) >= 11 is 0. The smallest absolute Gasteiger partial charge is 0.258 e. The van der Waals surface area contributed by atoms with Crippen molar-refractivity contribution in [3.05, 3.63) is 48.4 Å². The summed E-state index contributed by atoms with van der Waals surface area (Å²) in [6, 6.07) is 8.54. The van der Waals surface area contributed by atoms with Crippen LogP contribution in [0.5, 0.6) is 0 Å². The van der Waals surface area contributed by atoms with Crippen LogP contribution in [0.2, 0.25) is 0 Å². The average molecular weight is 350 g/mol. The van der Waals surface area contributed by atoms with Gasteiger partial charge in [-0.1, -0.05) is 12.5 Å². The predicted molar refractivity (Wildman–Crippen MR) is 94.6 cm³/mol. The highest BCUT2D eigenvalue weighted by Gasteiger charge is 2.20. The van der Waals surface area contributed by atoms with Crippen molar-refractivity contribution >= 4 is 35.6 Å². The molecule has 2 aromatic rings. The van der Waals surface area contributed by atoms with Crippen LogP contribution < -0.4 is 16.0 Å². The van der Waals surface area contributed by atoms with Crippen molar-refractivity contribution < 1.29 is 14.0 Å². The van der Waals surface area contributed by atoms with Crippen LogP contribution in [0.1, 0.15) is 29.6 Å². The molecule has 2 amide bonds. The van der Waals surface area contributed by atoms with Gasteiger partial charge in [0.05, 0.1) is 17.9 Å². The maximum Gasteiger partial charge on any atom is 0.258 e. The van der Waals surface area contributed by atoms with Gasteiger partial charge >= 0.3 is 0 Å². The van der Waals surface area contributed by atoms with Crippen LogP contribution in [0.3, 0.4) is 0 Å². The fourth-order valence-electron chi connectivity index (χ4n) is 2.58. The van der Waals surface area contributed by atoms with Gasteiger partial charge in [0.2, 0.25) is 5.91 Å². The molecule has 6 nitrogen and oxygen atoms in total. The summed E-state index contributed by atoms with van der Waals surface area (Å²) in [6.07, 6.45) is 5.85. The summed E-state index contributed by atoms with van der Waals surface area (Å²) in [5, 5.41) is 8.87. The highest BCUT2D eigenvalue weighted by Crippen LogP contribution is 2.17. The molecule has 1 fully saturated rings. The molecule has 7 heteroatoms. The van der Waals surface area contributed by atoms with E-state index >= 15 is 0 Å². The second-order valence-electron chi connectivity index (χ2n) is 5.54. The highest BCUT2D eigenvalue weighted by molar-refractivity contribution is 6.04. The molecule has 0 saturated carbocycles. The summed E-state index contributed by atoms with van der Waals surface area (Å²) in [7, 11) is 0. The molecule has 0 bridgehead atoms. The topological polar surface area (TPSA) is 83.4 Å². The Balaban J connectivity index is 0.00000208. The fraction of sp³-hybridized carbons (Fsp3) is 0.294. The maximum atomic E-state index is 12.2. The van der Waals surface area contributed by atoms with E-state index in [1.165, 1.54) is 12.5 Å². The summed E-state index contributed by atoms with van der Waals surface area (Å²) < 4.78 is 4.89. The largest absolute Gasteiger partial charge is 0.472 e. The molecule has 128 valence electrons. The van der Waals surface area contributed by atoms with Gasteiger partial charge in [0.25, 0.3) is 5.91 Å². The minimum Gasteiger partial charge on any atom is -0.472 e. The Morgan fingerprint density at radius 2 is 1.92 bits per heavy atom. The van der Waals surface area contributed by atoms with Crippen molar-refractivity contribution in [2.45, 2.75) is 25.3 Å². The molecular weight excluding hydrogens is 330 g/mol. The Bertz CT molecular complexity index is 682. The zero-order chi connectivity index (χ0) is 16.1. The lowest BCUT2D eigenvalue weighted by Gasteiger charge is -2.22. The second kappa shape index (κ2) is 8.52. The number of rotatable bonds is 4. The number of carbonyl (C=O) groups is 2. The molecule has 24 heavy (non-hydrogen) atoms. The van der Waals surface area contributed by atoms with Crippen molar-refractivity contribution in [2.24, 2.45) is 0 Å². The molecule has 1 aliphatic heterocycles. The first kappa shape index (κ1) is 18.0. The lowest BCUT2D eigenvalue weighted by Crippen LogP contribution is -2.43. The maximum absolute atomic E-state index is 12.2. The summed E-state index contributed by atoms with van der Waals surface area (Å²) in [6.45, 7) is 0.874. The van der Waals surface area contributed by atoms with Crippen LogP contribution in [0.25, 0.3) is 0 Å². The van der Waals surface area contributed by atoms with E-state index in [-0.39, 0.29) is 30.3 Å². The van der Waals surface area contributed by atoms with Gasteiger partial charge in [-0.15, -0.1) is 12.4 Å². The van der Waals surface area contributed by atoms with Gasteiger partial charge in [-0.25, -0.2) is 0 Å². The first-order valence-corrected chi connectivity index (χ1v) is 7.70. The second-order valence-corrected chi connectivity index (χ2v) is 5.54. The van der Waals surface area contributed by atoms with Crippen molar-refractivity contribution in [3.8, 4) is 0 Å². The molecule has 1 aromatic carbocycles. The van der Waals surface area contributed by atoms with Crippen LogP contribution in [-0.2, 0) is 4.79 Å². The minimum atomic E-state index is -0.254. The highest BCUT2D eigenvalue weighted by atomic mass is 35.5. The molecule has 3 N–H and O–H groups in total. The van der Waals surface area contributed by atoms with E-state index in [0.717, 1.165) is 25.8 Å². The molecular formula is C17H20ClN3O3. The lowest BCUT2D eigenvalue weighted by atomic mass is 10.0. The van der Waals surface area contributed by atoms with Crippen molar-refractivity contribution in [1.29, 1.82) is 0 Å². The number of nitrogens with one attached hydrogen (secondary N) is 3. The molecule has 1 aromatic heterocycles. The lowest BCUT2D eigenvalue weighted by molar-refractivity contribution is -0.118. The Hall–Kier alpha value is -2.31. The zero-order valence-electron chi connectivity index (χ0n) is 13.1. The molecule has 0 aliphatic carbocycles. The van der Waals surface area contributed by atoms with Crippen molar-refractivity contribution in [2.75, 3.05) is 17.2 Å². The number of benzene rings is 1. The van der Waals surface area contributed by atoms with E-state index in [4.69, 9.17) is 4.42 Å². The molecule has 0 spiro atoms.